The Bertz CT molecular complexity index is 636. The maximum Gasteiger partial charge on any atom is 0.273 e. The van der Waals surface area contributed by atoms with Gasteiger partial charge in [0.25, 0.3) is 5.91 Å². The van der Waals surface area contributed by atoms with Crippen LogP contribution in [0.3, 0.4) is 0 Å². The molecule has 0 aliphatic carbocycles. The summed E-state index contributed by atoms with van der Waals surface area (Å²) in [6.45, 7) is 3.73. The molecule has 1 heterocycles. The van der Waals surface area contributed by atoms with Crippen LogP contribution in [0.25, 0.3) is 5.69 Å². The molecule has 0 radical (unpaired) electrons. The Morgan fingerprint density at radius 2 is 2.14 bits per heavy atom. The van der Waals surface area contributed by atoms with Crippen LogP contribution in [0, 0.1) is 0 Å². The second-order valence-corrected chi connectivity index (χ2v) is 5.81. The Morgan fingerprint density at radius 1 is 1.38 bits per heavy atom. The number of aromatic nitrogens is 2. The van der Waals surface area contributed by atoms with E-state index in [9.17, 15) is 4.79 Å². The molecule has 0 saturated carbocycles. The minimum absolute atomic E-state index is 0.100. The topological polar surface area (TPSA) is 50.2 Å². The highest BCUT2D eigenvalue weighted by atomic mass is 79.9. The molecule has 0 bridgehead atoms. The third kappa shape index (κ3) is 3.71. The first-order valence-electron chi connectivity index (χ1n) is 6.79. The zero-order chi connectivity index (χ0) is 15.4. The Kier molecular flexibility index (Phi) is 5.14. The van der Waals surface area contributed by atoms with Crippen LogP contribution in [0.15, 0.2) is 34.9 Å². The van der Waals surface area contributed by atoms with Gasteiger partial charge < -0.3 is 10.2 Å². The van der Waals surface area contributed by atoms with Crippen LogP contribution in [-0.2, 0) is 6.54 Å². The maximum atomic E-state index is 11.9. The number of nitrogens with one attached hydrogen (secondary N) is 1. The number of carbonyl (C=O) groups is 1. The molecule has 0 unspecified atom stereocenters. The van der Waals surface area contributed by atoms with Gasteiger partial charge in [-0.1, -0.05) is 28.9 Å². The molecule has 2 rings (SSSR count). The maximum absolute atomic E-state index is 11.9. The summed E-state index contributed by atoms with van der Waals surface area (Å²) in [5.41, 5.74) is 2.53. The van der Waals surface area contributed by atoms with Gasteiger partial charge in [0.05, 0.1) is 5.69 Å². The van der Waals surface area contributed by atoms with Crippen LogP contribution in [0.2, 0.25) is 0 Å². The highest BCUT2D eigenvalue weighted by Crippen LogP contribution is 2.20. The summed E-state index contributed by atoms with van der Waals surface area (Å²) in [5.74, 6) is -0.100. The van der Waals surface area contributed by atoms with Crippen molar-refractivity contribution in [3.63, 3.8) is 0 Å². The molecule has 2 aromatic rings. The number of amides is 1. The monoisotopic (exact) mass is 350 g/mol. The fourth-order valence-corrected chi connectivity index (χ4v) is 2.31. The molecule has 0 saturated heterocycles. The molecular formula is C15H19BrN4O. The van der Waals surface area contributed by atoms with Crippen molar-refractivity contribution in [2.75, 3.05) is 20.6 Å². The lowest BCUT2D eigenvalue weighted by atomic mass is 10.2. The van der Waals surface area contributed by atoms with E-state index in [2.05, 4.69) is 39.3 Å². The van der Waals surface area contributed by atoms with E-state index in [4.69, 9.17) is 0 Å². The number of rotatable bonds is 5. The van der Waals surface area contributed by atoms with Gasteiger partial charge in [-0.15, -0.1) is 0 Å². The van der Waals surface area contributed by atoms with Gasteiger partial charge in [0.2, 0.25) is 0 Å². The van der Waals surface area contributed by atoms with E-state index in [0.717, 1.165) is 28.8 Å². The summed E-state index contributed by atoms with van der Waals surface area (Å²) in [7, 11) is 3.44. The van der Waals surface area contributed by atoms with Gasteiger partial charge in [-0.05, 0) is 30.3 Å². The third-order valence-electron chi connectivity index (χ3n) is 3.07. The third-order valence-corrected chi connectivity index (χ3v) is 3.57. The Labute approximate surface area is 133 Å². The normalized spacial score (nSPS) is 10.7. The van der Waals surface area contributed by atoms with Gasteiger partial charge >= 0.3 is 0 Å². The number of hydrogen-bond donors (Lipinski definition) is 1. The highest BCUT2D eigenvalue weighted by Gasteiger charge is 2.13. The molecule has 21 heavy (non-hydrogen) atoms. The van der Waals surface area contributed by atoms with Crippen LogP contribution in [-0.4, -0.2) is 41.2 Å². The molecule has 5 nitrogen and oxygen atoms in total. The lowest BCUT2D eigenvalue weighted by molar-refractivity contribution is 0.0821. The molecular weight excluding hydrogens is 332 g/mol. The molecule has 112 valence electrons. The average Bonchev–Trinajstić information content (AvgIpc) is 2.94. The summed E-state index contributed by atoms with van der Waals surface area (Å²) in [6, 6.07) is 7.80. The first kappa shape index (κ1) is 15.7. The van der Waals surface area contributed by atoms with Gasteiger partial charge in [0.1, 0.15) is 0 Å². The first-order valence-corrected chi connectivity index (χ1v) is 7.59. The van der Waals surface area contributed by atoms with Crippen molar-refractivity contribution in [3.8, 4) is 5.69 Å². The van der Waals surface area contributed by atoms with E-state index in [1.807, 2.05) is 18.3 Å². The molecule has 1 amide bonds. The minimum atomic E-state index is -0.100. The average molecular weight is 351 g/mol. The van der Waals surface area contributed by atoms with Crippen LogP contribution < -0.4 is 5.32 Å². The van der Waals surface area contributed by atoms with Crippen LogP contribution in [0.4, 0.5) is 0 Å². The van der Waals surface area contributed by atoms with Gasteiger partial charge in [-0.25, -0.2) is 4.68 Å². The summed E-state index contributed by atoms with van der Waals surface area (Å²) in [4.78, 5) is 13.5. The van der Waals surface area contributed by atoms with Crippen LogP contribution in [0.5, 0.6) is 0 Å². The first-order chi connectivity index (χ1) is 10.0. The number of hydrogen-bond acceptors (Lipinski definition) is 3. The van der Waals surface area contributed by atoms with E-state index >= 15 is 0 Å². The second-order valence-electron chi connectivity index (χ2n) is 4.90. The summed E-state index contributed by atoms with van der Waals surface area (Å²) < 4.78 is 2.72. The predicted molar refractivity (Wildman–Crippen MR) is 86.7 cm³/mol. The van der Waals surface area contributed by atoms with E-state index in [1.54, 1.807) is 24.8 Å². The van der Waals surface area contributed by atoms with Crippen molar-refractivity contribution in [3.05, 3.63) is 46.2 Å². The molecule has 0 fully saturated rings. The number of nitrogens with zero attached hydrogens (tertiary/aromatic N) is 3. The zero-order valence-corrected chi connectivity index (χ0v) is 14.0. The Balaban J connectivity index is 2.37. The van der Waals surface area contributed by atoms with Crippen molar-refractivity contribution in [1.82, 2.24) is 20.0 Å². The molecule has 0 atom stereocenters. The number of halogens is 1. The number of carbonyl (C=O) groups excluding carboxylic acids is 1. The van der Waals surface area contributed by atoms with Gasteiger partial charge in [0.15, 0.2) is 5.69 Å². The molecule has 1 aromatic carbocycles. The lowest BCUT2D eigenvalue weighted by Gasteiger charge is -2.11. The SMILES string of the molecule is CCNCc1ccc(Br)cc1-n1ccc(C(=O)N(C)C)n1. The molecule has 1 aromatic heterocycles. The summed E-state index contributed by atoms with van der Waals surface area (Å²) in [5, 5.41) is 7.70. The van der Waals surface area contributed by atoms with Crippen molar-refractivity contribution < 1.29 is 4.79 Å². The van der Waals surface area contributed by atoms with Crippen molar-refractivity contribution >= 4 is 21.8 Å². The van der Waals surface area contributed by atoms with E-state index in [0.29, 0.717) is 5.69 Å². The van der Waals surface area contributed by atoms with E-state index < -0.39 is 0 Å². The second kappa shape index (κ2) is 6.87. The van der Waals surface area contributed by atoms with Crippen molar-refractivity contribution in [2.24, 2.45) is 0 Å². The van der Waals surface area contributed by atoms with Crippen LogP contribution >= 0.6 is 15.9 Å². The minimum Gasteiger partial charge on any atom is -0.343 e. The lowest BCUT2D eigenvalue weighted by Crippen LogP contribution is -2.22. The van der Waals surface area contributed by atoms with Gasteiger partial charge in [-0.3, -0.25) is 4.79 Å². The molecule has 1 N–H and O–H groups in total. The zero-order valence-electron chi connectivity index (χ0n) is 12.4. The predicted octanol–water partition coefficient (Wildman–Crippen LogP) is 2.45. The van der Waals surface area contributed by atoms with Gasteiger partial charge in [-0.2, -0.15) is 5.10 Å². The quantitative estimate of drug-likeness (QED) is 0.900. The summed E-state index contributed by atoms with van der Waals surface area (Å²) in [6.07, 6.45) is 1.81. The Hall–Kier alpha value is -1.66. The fourth-order valence-electron chi connectivity index (χ4n) is 1.96. The van der Waals surface area contributed by atoms with Crippen molar-refractivity contribution in [2.45, 2.75) is 13.5 Å². The van der Waals surface area contributed by atoms with E-state index in [1.165, 1.54) is 4.90 Å². The van der Waals surface area contributed by atoms with E-state index in [-0.39, 0.29) is 5.91 Å². The van der Waals surface area contributed by atoms with Crippen LogP contribution in [0.1, 0.15) is 23.0 Å². The molecule has 0 aliphatic rings. The van der Waals surface area contributed by atoms with Crippen molar-refractivity contribution in [1.29, 1.82) is 0 Å². The highest BCUT2D eigenvalue weighted by molar-refractivity contribution is 9.10. The fraction of sp³-hybridized carbons (Fsp3) is 0.333. The smallest absolute Gasteiger partial charge is 0.273 e. The standard InChI is InChI=1S/C15H19BrN4O/c1-4-17-10-11-5-6-12(16)9-14(11)20-8-7-13(18-20)15(21)19(2)3/h5-9,17H,4,10H2,1-3H3. The molecule has 0 aliphatic heterocycles. The molecule has 0 spiro atoms. The summed E-state index contributed by atoms with van der Waals surface area (Å²) >= 11 is 3.48. The van der Waals surface area contributed by atoms with Gasteiger partial charge in [0, 0.05) is 31.3 Å². The Morgan fingerprint density at radius 3 is 2.81 bits per heavy atom. The molecule has 6 heteroatoms. The largest absolute Gasteiger partial charge is 0.343 e. The number of benzene rings is 1.